The third kappa shape index (κ3) is 2.45. The molecule has 3 heteroatoms. The van der Waals surface area contributed by atoms with Gasteiger partial charge in [-0.3, -0.25) is 4.90 Å². The first-order chi connectivity index (χ1) is 11.7. The number of H-pyrrole nitrogens is 1. The lowest BCUT2D eigenvalue weighted by Crippen LogP contribution is -2.36. The maximum atomic E-state index is 5.71. The SMILES string of the molecule is Cc1cc2cc(-c3cccc(CN4CC5CC4CO5)c3)ccc2[nH]1. The number of hydrogen-bond acceptors (Lipinski definition) is 2. The Morgan fingerprint density at radius 1 is 1.12 bits per heavy atom. The number of aromatic amines is 1. The van der Waals surface area contributed by atoms with Crippen LogP contribution in [0.1, 0.15) is 17.7 Å². The first-order valence-electron chi connectivity index (χ1n) is 8.79. The number of rotatable bonds is 3. The largest absolute Gasteiger partial charge is 0.375 e. The van der Waals surface area contributed by atoms with Gasteiger partial charge in [-0.2, -0.15) is 0 Å². The molecule has 0 saturated carbocycles. The molecule has 5 rings (SSSR count). The Bertz CT molecular complexity index is 898. The van der Waals surface area contributed by atoms with Crippen LogP contribution < -0.4 is 0 Å². The Morgan fingerprint density at radius 2 is 2.04 bits per heavy atom. The molecule has 0 aliphatic carbocycles. The average Bonchev–Trinajstić information content (AvgIpc) is 3.28. The van der Waals surface area contributed by atoms with E-state index in [2.05, 4.69) is 65.3 Å². The summed E-state index contributed by atoms with van der Waals surface area (Å²) in [6.45, 7) is 5.13. The topological polar surface area (TPSA) is 28.3 Å². The van der Waals surface area contributed by atoms with E-state index in [-0.39, 0.29) is 0 Å². The number of nitrogens with one attached hydrogen (secondary N) is 1. The third-order valence-corrected chi connectivity index (χ3v) is 5.42. The van der Waals surface area contributed by atoms with E-state index in [1.54, 1.807) is 0 Å². The van der Waals surface area contributed by atoms with Crippen molar-refractivity contribution in [3.05, 3.63) is 59.8 Å². The van der Waals surface area contributed by atoms with Gasteiger partial charge in [0, 0.05) is 35.7 Å². The molecule has 2 aliphatic heterocycles. The lowest BCUT2D eigenvalue weighted by Gasteiger charge is -2.26. The molecule has 3 heterocycles. The first-order valence-corrected chi connectivity index (χ1v) is 8.79. The Balaban J connectivity index is 1.43. The molecule has 24 heavy (non-hydrogen) atoms. The van der Waals surface area contributed by atoms with E-state index >= 15 is 0 Å². The van der Waals surface area contributed by atoms with Crippen LogP contribution >= 0.6 is 0 Å². The van der Waals surface area contributed by atoms with Gasteiger partial charge in [0.1, 0.15) is 0 Å². The molecule has 1 N–H and O–H groups in total. The molecule has 2 saturated heterocycles. The number of morpholine rings is 1. The van der Waals surface area contributed by atoms with Crippen LogP contribution in [0.2, 0.25) is 0 Å². The number of ether oxygens (including phenoxy) is 1. The van der Waals surface area contributed by atoms with E-state index < -0.39 is 0 Å². The Morgan fingerprint density at radius 3 is 2.88 bits per heavy atom. The van der Waals surface area contributed by atoms with Crippen LogP contribution in [0.5, 0.6) is 0 Å². The highest BCUT2D eigenvalue weighted by Gasteiger charge is 2.38. The monoisotopic (exact) mass is 318 g/mol. The lowest BCUT2D eigenvalue weighted by atomic mass is 10.0. The number of fused-ring (bicyclic) bond motifs is 3. The molecule has 2 unspecified atom stereocenters. The summed E-state index contributed by atoms with van der Waals surface area (Å²) >= 11 is 0. The van der Waals surface area contributed by atoms with Crippen molar-refractivity contribution < 1.29 is 4.74 Å². The number of hydrogen-bond donors (Lipinski definition) is 1. The third-order valence-electron chi connectivity index (χ3n) is 5.42. The second kappa shape index (κ2) is 5.47. The van der Waals surface area contributed by atoms with Gasteiger partial charge in [0.05, 0.1) is 12.7 Å². The molecule has 1 aromatic heterocycles. The summed E-state index contributed by atoms with van der Waals surface area (Å²) in [5, 5.41) is 1.28. The normalized spacial score (nSPS) is 23.4. The highest BCUT2D eigenvalue weighted by molar-refractivity contribution is 5.85. The number of benzene rings is 2. The molecule has 2 fully saturated rings. The lowest BCUT2D eigenvalue weighted by molar-refractivity contribution is 0.0273. The summed E-state index contributed by atoms with van der Waals surface area (Å²) in [4.78, 5) is 5.97. The molecule has 0 amide bonds. The van der Waals surface area contributed by atoms with Crippen molar-refractivity contribution in [2.45, 2.75) is 32.0 Å². The van der Waals surface area contributed by atoms with Gasteiger partial charge >= 0.3 is 0 Å². The van der Waals surface area contributed by atoms with Crippen molar-refractivity contribution in [3.8, 4) is 11.1 Å². The highest BCUT2D eigenvalue weighted by atomic mass is 16.5. The second-order valence-electron chi connectivity index (χ2n) is 7.23. The first kappa shape index (κ1) is 14.3. The zero-order valence-corrected chi connectivity index (χ0v) is 14.0. The van der Waals surface area contributed by atoms with Crippen LogP contribution in [0.15, 0.2) is 48.5 Å². The number of aryl methyl sites for hydroxylation is 1. The fraction of sp³-hybridized carbons (Fsp3) is 0.333. The summed E-state index contributed by atoms with van der Waals surface area (Å²) < 4.78 is 5.71. The molecule has 0 radical (unpaired) electrons. The molecule has 2 aliphatic rings. The van der Waals surface area contributed by atoms with E-state index in [9.17, 15) is 0 Å². The van der Waals surface area contributed by atoms with Crippen molar-refractivity contribution in [2.75, 3.05) is 13.2 Å². The fourth-order valence-electron chi connectivity index (χ4n) is 4.21. The summed E-state index contributed by atoms with van der Waals surface area (Å²) in [6, 6.07) is 18.5. The van der Waals surface area contributed by atoms with Gasteiger partial charge in [-0.1, -0.05) is 24.3 Å². The van der Waals surface area contributed by atoms with Gasteiger partial charge in [0.25, 0.3) is 0 Å². The Labute approximate surface area is 142 Å². The van der Waals surface area contributed by atoms with Crippen LogP contribution in [-0.4, -0.2) is 35.2 Å². The second-order valence-corrected chi connectivity index (χ2v) is 7.23. The number of nitrogens with zero attached hydrogens (tertiary/aromatic N) is 1. The maximum Gasteiger partial charge on any atom is 0.0718 e. The quantitative estimate of drug-likeness (QED) is 0.787. The van der Waals surface area contributed by atoms with E-state index in [0.717, 1.165) is 19.7 Å². The maximum absolute atomic E-state index is 5.71. The summed E-state index contributed by atoms with van der Waals surface area (Å²) in [7, 11) is 0. The number of likely N-dealkylation sites (tertiary alicyclic amines) is 1. The molecule has 0 spiro atoms. The van der Waals surface area contributed by atoms with Gasteiger partial charge in [-0.05, 0) is 54.3 Å². The molecular formula is C21H22N2O. The molecule has 2 aromatic carbocycles. The minimum Gasteiger partial charge on any atom is -0.375 e. The van der Waals surface area contributed by atoms with Crippen LogP contribution in [-0.2, 0) is 11.3 Å². The standard InChI is InChI=1S/C21H22N2O/c1-14-7-18-9-17(5-6-21(18)22-14)16-4-2-3-15(8-16)11-23-12-20-10-19(23)13-24-20/h2-9,19-20,22H,10-13H2,1H3. The van der Waals surface area contributed by atoms with Crippen molar-refractivity contribution in [3.63, 3.8) is 0 Å². The van der Waals surface area contributed by atoms with E-state index in [0.29, 0.717) is 12.1 Å². The van der Waals surface area contributed by atoms with Crippen molar-refractivity contribution in [2.24, 2.45) is 0 Å². The zero-order chi connectivity index (χ0) is 16.1. The van der Waals surface area contributed by atoms with Crippen molar-refractivity contribution in [1.82, 2.24) is 9.88 Å². The van der Waals surface area contributed by atoms with Crippen molar-refractivity contribution in [1.29, 1.82) is 0 Å². The minimum absolute atomic E-state index is 0.470. The van der Waals surface area contributed by atoms with Gasteiger partial charge in [-0.25, -0.2) is 0 Å². The molecule has 2 bridgehead atoms. The van der Waals surface area contributed by atoms with Gasteiger partial charge < -0.3 is 9.72 Å². The van der Waals surface area contributed by atoms with Gasteiger partial charge in [0.15, 0.2) is 0 Å². The summed E-state index contributed by atoms with van der Waals surface area (Å²) in [5.74, 6) is 0. The van der Waals surface area contributed by atoms with Crippen LogP contribution in [0.3, 0.4) is 0 Å². The van der Waals surface area contributed by atoms with Gasteiger partial charge in [-0.15, -0.1) is 0 Å². The van der Waals surface area contributed by atoms with E-state index in [1.165, 1.54) is 39.7 Å². The summed E-state index contributed by atoms with van der Waals surface area (Å²) in [6.07, 6.45) is 1.68. The molecule has 122 valence electrons. The van der Waals surface area contributed by atoms with Crippen LogP contribution in [0.4, 0.5) is 0 Å². The van der Waals surface area contributed by atoms with E-state index in [1.807, 2.05) is 0 Å². The predicted molar refractivity (Wildman–Crippen MR) is 97.0 cm³/mol. The van der Waals surface area contributed by atoms with E-state index in [4.69, 9.17) is 4.74 Å². The predicted octanol–water partition coefficient (Wildman–Crippen LogP) is 4.12. The van der Waals surface area contributed by atoms with Crippen LogP contribution in [0, 0.1) is 6.92 Å². The van der Waals surface area contributed by atoms with Crippen LogP contribution in [0.25, 0.3) is 22.0 Å². The Hall–Kier alpha value is -2.10. The highest BCUT2D eigenvalue weighted by Crippen LogP contribution is 2.30. The smallest absolute Gasteiger partial charge is 0.0718 e. The zero-order valence-electron chi connectivity index (χ0n) is 14.0. The molecule has 3 nitrogen and oxygen atoms in total. The minimum atomic E-state index is 0.470. The molecule has 2 atom stereocenters. The van der Waals surface area contributed by atoms with Gasteiger partial charge in [0.2, 0.25) is 0 Å². The molecular weight excluding hydrogens is 296 g/mol. The van der Waals surface area contributed by atoms with Crippen molar-refractivity contribution >= 4 is 10.9 Å². The summed E-state index contributed by atoms with van der Waals surface area (Å²) in [5.41, 5.74) is 6.40. The average molecular weight is 318 g/mol. The fourth-order valence-corrected chi connectivity index (χ4v) is 4.21. The molecule has 3 aromatic rings. The Kier molecular flexibility index (Phi) is 3.25. The number of aromatic nitrogens is 1.